The summed E-state index contributed by atoms with van der Waals surface area (Å²) in [5.41, 5.74) is 1.18. The standard InChI is InChI=1S/C17H17FN2O5S/c1-20-14-9-13(6-7-15(14)25-17(20)21)26(22,23)19-10-16(24-2)11-4-3-5-12(18)8-11/h3-9,16,19H,10H2,1-2H3. The van der Waals surface area contributed by atoms with Crippen LogP contribution < -0.4 is 10.5 Å². The van der Waals surface area contributed by atoms with Gasteiger partial charge in [0.15, 0.2) is 5.58 Å². The smallest absolute Gasteiger partial charge is 0.408 e. The second kappa shape index (κ2) is 7.02. The molecule has 7 nitrogen and oxygen atoms in total. The van der Waals surface area contributed by atoms with E-state index in [2.05, 4.69) is 4.72 Å². The molecular formula is C17H17FN2O5S. The van der Waals surface area contributed by atoms with Gasteiger partial charge in [-0.2, -0.15) is 0 Å². The highest BCUT2D eigenvalue weighted by atomic mass is 32.2. The van der Waals surface area contributed by atoms with E-state index in [4.69, 9.17) is 9.15 Å². The third kappa shape index (κ3) is 3.55. The number of nitrogens with one attached hydrogen (secondary N) is 1. The Morgan fingerprint density at radius 3 is 2.73 bits per heavy atom. The summed E-state index contributed by atoms with van der Waals surface area (Å²) in [6, 6.07) is 9.88. The number of aryl methyl sites for hydroxylation is 1. The Bertz CT molecular complexity index is 1100. The van der Waals surface area contributed by atoms with Gasteiger partial charge in [0.05, 0.1) is 16.5 Å². The van der Waals surface area contributed by atoms with Crippen LogP contribution in [0.3, 0.4) is 0 Å². The fraction of sp³-hybridized carbons (Fsp3) is 0.235. The van der Waals surface area contributed by atoms with E-state index < -0.39 is 27.7 Å². The molecule has 26 heavy (non-hydrogen) atoms. The van der Waals surface area contributed by atoms with E-state index in [9.17, 15) is 17.6 Å². The average Bonchev–Trinajstić information content (AvgIpc) is 2.89. The molecule has 1 N–H and O–H groups in total. The number of fused-ring (bicyclic) bond motifs is 1. The largest absolute Gasteiger partial charge is 0.419 e. The molecule has 2 aromatic carbocycles. The summed E-state index contributed by atoms with van der Waals surface area (Å²) >= 11 is 0. The molecule has 0 spiro atoms. The first-order valence-corrected chi connectivity index (χ1v) is 9.17. The number of aromatic nitrogens is 1. The van der Waals surface area contributed by atoms with Gasteiger partial charge in [-0.05, 0) is 35.9 Å². The Balaban J connectivity index is 1.84. The quantitative estimate of drug-likeness (QED) is 0.706. The molecule has 1 heterocycles. The second-order valence-corrected chi connectivity index (χ2v) is 7.45. The number of nitrogens with zero attached hydrogens (tertiary/aromatic N) is 1. The lowest BCUT2D eigenvalue weighted by Crippen LogP contribution is -2.29. The van der Waals surface area contributed by atoms with Crippen molar-refractivity contribution in [2.75, 3.05) is 13.7 Å². The van der Waals surface area contributed by atoms with Crippen molar-refractivity contribution in [3.63, 3.8) is 0 Å². The van der Waals surface area contributed by atoms with Gasteiger partial charge in [-0.3, -0.25) is 4.57 Å². The molecule has 9 heteroatoms. The molecule has 0 saturated heterocycles. The molecule has 1 aromatic heterocycles. The van der Waals surface area contributed by atoms with Crippen LogP contribution in [-0.4, -0.2) is 26.6 Å². The van der Waals surface area contributed by atoms with Crippen molar-refractivity contribution in [3.05, 3.63) is 64.4 Å². The Morgan fingerprint density at radius 1 is 1.27 bits per heavy atom. The van der Waals surface area contributed by atoms with E-state index in [1.807, 2.05) is 0 Å². The number of oxazole rings is 1. The van der Waals surface area contributed by atoms with Crippen molar-refractivity contribution < 1.29 is 22.0 Å². The number of hydrogen-bond acceptors (Lipinski definition) is 5. The lowest BCUT2D eigenvalue weighted by atomic mass is 10.1. The molecule has 0 aliphatic carbocycles. The van der Waals surface area contributed by atoms with E-state index in [-0.39, 0.29) is 11.4 Å². The lowest BCUT2D eigenvalue weighted by molar-refractivity contribution is 0.107. The molecule has 0 aliphatic heterocycles. The number of rotatable bonds is 6. The Kier molecular flexibility index (Phi) is 4.94. The number of halogens is 1. The van der Waals surface area contributed by atoms with E-state index in [0.717, 1.165) is 0 Å². The van der Waals surface area contributed by atoms with Gasteiger partial charge in [0.25, 0.3) is 0 Å². The first-order chi connectivity index (χ1) is 12.3. The average molecular weight is 380 g/mol. The van der Waals surface area contributed by atoms with Gasteiger partial charge in [-0.25, -0.2) is 22.3 Å². The summed E-state index contributed by atoms with van der Waals surface area (Å²) in [5, 5.41) is 0. The second-order valence-electron chi connectivity index (χ2n) is 5.69. The number of sulfonamides is 1. The summed E-state index contributed by atoms with van der Waals surface area (Å²) in [6.45, 7) is -0.0787. The Hall–Kier alpha value is -2.49. The molecule has 3 rings (SSSR count). The van der Waals surface area contributed by atoms with E-state index >= 15 is 0 Å². The summed E-state index contributed by atoms with van der Waals surface area (Å²) in [7, 11) is -0.960. The van der Waals surface area contributed by atoms with Crippen LogP contribution in [0.15, 0.2) is 56.6 Å². The molecule has 0 saturated carbocycles. The Morgan fingerprint density at radius 2 is 2.04 bits per heavy atom. The van der Waals surface area contributed by atoms with Crippen molar-refractivity contribution >= 4 is 21.1 Å². The number of methoxy groups -OCH3 is 1. The fourth-order valence-electron chi connectivity index (χ4n) is 2.59. The minimum Gasteiger partial charge on any atom is -0.408 e. The molecule has 138 valence electrons. The zero-order chi connectivity index (χ0) is 18.9. The monoisotopic (exact) mass is 380 g/mol. The van der Waals surface area contributed by atoms with Gasteiger partial charge in [-0.1, -0.05) is 12.1 Å². The third-order valence-corrected chi connectivity index (χ3v) is 5.46. The SMILES string of the molecule is COC(CNS(=O)(=O)c1ccc2oc(=O)n(C)c2c1)c1cccc(F)c1. The molecule has 0 bridgehead atoms. The van der Waals surface area contributed by atoms with Gasteiger partial charge in [0.1, 0.15) is 5.82 Å². The van der Waals surface area contributed by atoms with Crippen molar-refractivity contribution in [2.24, 2.45) is 7.05 Å². The normalized spacial score (nSPS) is 13.2. The summed E-state index contributed by atoms with van der Waals surface area (Å²) in [5.74, 6) is -1.01. The summed E-state index contributed by atoms with van der Waals surface area (Å²) in [6.07, 6.45) is -0.650. The van der Waals surface area contributed by atoms with Crippen LogP contribution in [-0.2, 0) is 21.8 Å². The van der Waals surface area contributed by atoms with Crippen LogP contribution in [0.1, 0.15) is 11.7 Å². The van der Waals surface area contributed by atoms with Crippen molar-refractivity contribution in [1.29, 1.82) is 0 Å². The van der Waals surface area contributed by atoms with Gasteiger partial charge < -0.3 is 9.15 Å². The number of hydrogen-bond donors (Lipinski definition) is 1. The minimum absolute atomic E-state index is 0.0181. The lowest BCUT2D eigenvalue weighted by Gasteiger charge is -2.17. The Labute approximate surface area is 149 Å². The highest BCUT2D eigenvalue weighted by Crippen LogP contribution is 2.20. The number of ether oxygens (including phenoxy) is 1. The predicted molar refractivity (Wildman–Crippen MR) is 92.8 cm³/mol. The highest BCUT2D eigenvalue weighted by molar-refractivity contribution is 7.89. The maximum Gasteiger partial charge on any atom is 0.419 e. The molecule has 0 aliphatic rings. The van der Waals surface area contributed by atoms with Crippen LogP contribution in [0, 0.1) is 5.82 Å². The zero-order valence-corrected chi connectivity index (χ0v) is 14.9. The first-order valence-electron chi connectivity index (χ1n) is 7.69. The maximum atomic E-state index is 13.4. The summed E-state index contributed by atoms with van der Waals surface area (Å²) in [4.78, 5) is 11.5. The molecule has 0 amide bonds. The van der Waals surface area contributed by atoms with E-state index in [1.54, 1.807) is 6.07 Å². The van der Waals surface area contributed by atoms with Crippen LogP contribution in [0.2, 0.25) is 0 Å². The maximum absolute atomic E-state index is 13.4. The van der Waals surface area contributed by atoms with Crippen LogP contribution in [0.25, 0.3) is 11.1 Å². The molecule has 0 radical (unpaired) electrons. The van der Waals surface area contributed by atoms with Crippen LogP contribution in [0.5, 0.6) is 0 Å². The van der Waals surface area contributed by atoms with Gasteiger partial charge in [-0.15, -0.1) is 0 Å². The molecule has 0 fully saturated rings. The number of benzene rings is 2. The van der Waals surface area contributed by atoms with Crippen molar-refractivity contribution in [1.82, 2.24) is 9.29 Å². The predicted octanol–water partition coefficient (Wildman–Crippen LogP) is 1.94. The van der Waals surface area contributed by atoms with Crippen LogP contribution in [0.4, 0.5) is 4.39 Å². The van der Waals surface area contributed by atoms with Crippen molar-refractivity contribution in [3.8, 4) is 0 Å². The topological polar surface area (TPSA) is 90.5 Å². The molecule has 1 unspecified atom stereocenters. The molecule has 1 atom stereocenters. The minimum atomic E-state index is -3.86. The molecule has 3 aromatic rings. The van der Waals surface area contributed by atoms with Crippen LogP contribution >= 0.6 is 0 Å². The van der Waals surface area contributed by atoms with Gasteiger partial charge in [0, 0.05) is 20.7 Å². The summed E-state index contributed by atoms with van der Waals surface area (Å²) < 4.78 is 52.4. The third-order valence-electron chi connectivity index (χ3n) is 4.04. The first kappa shape index (κ1) is 18.3. The van der Waals surface area contributed by atoms with Gasteiger partial charge >= 0.3 is 5.76 Å². The highest BCUT2D eigenvalue weighted by Gasteiger charge is 2.20. The van der Waals surface area contributed by atoms with E-state index in [1.165, 1.54) is 55.1 Å². The van der Waals surface area contributed by atoms with Crippen molar-refractivity contribution in [2.45, 2.75) is 11.0 Å². The van der Waals surface area contributed by atoms with E-state index in [0.29, 0.717) is 16.7 Å². The molecular weight excluding hydrogens is 363 g/mol. The fourth-order valence-corrected chi connectivity index (χ4v) is 3.64. The zero-order valence-electron chi connectivity index (χ0n) is 14.1. The van der Waals surface area contributed by atoms with Gasteiger partial charge in [0.2, 0.25) is 10.0 Å².